The molecule has 0 aromatic heterocycles. The van der Waals surface area contributed by atoms with Gasteiger partial charge in [0, 0.05) is 37.3 Å². The Morgan fingerprint density at radius 3 is 2.30 bits per heavy atom. The minimum Gasteiger partial charge on any atom is -0.508 e. The van der Waals surface area contributed by atoms with Crippen LogP contribution in [0.1, 0.15) is 21.5 Å². The summed E-state index contributed by atoms with van der Waals surface area (Å²) in [5, 5.41) is 9.30. The highest BCUT2D eigenvalue weighted by Gasteiger charge is 2.30. The van der Waals surface area contributed by atoms with Crippen LogP contribution in [0.15, 0.2) is 42.5 Å². The van der Waals surface area contributed by atoms with E-state index in [0.717, 1.165) is 5.56 Å². The lowest BCUT2D eigenvalue weighted by atomic mass is 10.2. The van der Waals surface area contributed by atoms with Crippen LogP contribution in [0.25, 0.3) is 0 Å². The van der Waals surface area contributed by atoms with E-state index >= 15 is 0 Å². The lowest BCUT2D eigenvalue weighted by Crippen LogP contribution is -2.50. The molecule has 1 N–H and O–H groups in total. The van der Waals surface area contributed by atoms with Crippen molar-refractivity contribution in [3.63, 3.8) is 0 Å². The topological polar surface area (TPSA) is 77.9 Å². The molecule has 27 heavy (non-hydrogen) atoms. The summed E-state index contributed by atoms with van der Waals surface area (Å²) in [6.07, 6.45) is 0. The maximum absolute atomic E-state index is 14.0. The Balaban J connectivity index is 1.64. The molecule has 144 valence electrons. The van der Waals surface area contributed by atoms with Crippen LogP contribution in [-0.2, 0) is 15.8 Å². The molecular formula is C19H21FN2O4S. The van der Waals surface area contributed by atoms with E-state index in [9.17, 15) is 22.7 Å². The number of amides is 1. The number of phenols is 1. The van der Waals surface area contributed by atoms with Crippen molar-refractivity contribution in [2.45, 2.75) is 12.7 Å². The van der Waals surface area contributed by atoms with Crippen LogP contribution < -0.4 is 0 Å². The Kier molecular flexibility index (Phi) is 5.48. The molecule has 1 heterocycles. The van der Waals surface area contributed by atoms with Crippen LogP contribution in [0, 0.1) is 12.7 Å². The number of benzene rings is 2. The van der Waals surface area contributed by atoms with Gasteiger partial charge in [0.05, 0.1) is 5.75 Å². The van der Waals surface area contributed by atoms with Crippen molar-refractivity contribution in [2.75, 3.05) is 26.2 Å². The van der Waals surface area contributed by atoms with E-state index < -0.39 is 21.6 Å². The van der Waals surface area contributed by atoms with E-state index in [4.69, 9.17) is 0 Å². The fourth-order valence-electron chi connectivity index (χ4n) is 3.01. The van der Waals surface area contributed by atoms with Gasteiger partial charge in [-0.05, 0) is 42.8 Å². The lowest BCUT2D eigenvalue weighted by molar-refractivity contribution is 0.0698. The summed E-state index contributed by atoms with van der Waals surface area (Å²) in [4.78, 5) is 14.0. The first-order valence-electron chi connectivity index (χ1n) is 8.57. The molecule has 2 aromatic rings. The molecule has 0 spiro atoms. The summed E-state index contributed by atoms with van der Waals surface area (Å²) >= 11 is 0. The van der Waals surface area contributed by atoms with Gasteiger partial charge in [-0.15, -0.1) is 0 Å². The Hall–Kier alpha value is -2.45. The van der Waals surface area contributed by atoms with Gasteiger partial charge in [0.1, 0.15) is 11.6 Å². The fraction of sp³-hybridized carbons (Fsp3) is 0.316. The molecule has 0 radical (unpaired) electrons. The normalized spacial score (nSPS) is 15.7. The second-order valence-corrected chi connectivity index (χ2v) is 8.56. The number of nitrogens with zero attached hydrogens (tertiary/aromatic N) is 2. The standard InChI is InChI=1S/C19H21FN2O4S/c1-14-2-3-16(18(20)12-14)13-27(25,26)22-10-8-21(9-11-22)19(24)15-4-6-17(23)7-5-15/h2-7,12,23H,8-11,13H2,1H3. The highest BCUT2D eigenvalue weighted by atomic mass is 32.2. The number of aryl methyl sites for hydroxylation is 1. The van der Waals surface area contributed by atoms with Crippen molar-refractivity contribution in [3.05, 3.63) is 65.0 Å². The van der Waals surface area contributed by atoms with Gasteiger partial charge in [-0.2, -0.15) is 4.31 Å². The number of rotatable bonds is 4. The van der Waals surface area contributed by atoms with Gasteiger partial charge in [-0.25, -0.2) is 12.8 Å². The summed E-state index contributed by atoms with van der Waals surface area (Å²) in [6, 6.07) is 10.4. The van der Waals surface area contributed by atoms with Crippen LogP contribution in [0.2, 0.25) is 0 Å². The van der Waals surface area contributed by atoms with E-state index in [1.807, 2.05) is 0 Å². The van der Waals surface area contributed by atoms with Crippen molar-refractivity contribution < 1.29 is 22.7 Å². The third-order valence-electron chi connectivity index (χ3n) is 4.58. The third kappa shape index (κ3) is 4.45. The molecule has 2 aromatic carbocycles. The number of hydrogen-bond donors (Lipinski definition) is 1. The van der Waals surface area contributed by atoms with Gasteiger partial charge in [0.15, 0.2) is 0 Å². The summed E-state index contributed by atoms with van der Waals surface area (Å²) < 4.78 is 40.5. The van der Waals surface area contributed by atoms with Crippen molar-refractivity contribution in [1.82, 2.24) is 9.21 Å². The van der Waals surface area contributed by atoms with Crippen LogP contribution in [0.5, 0.6) is 5.75 Å². The predicted molar refractivity (Wildman–Crippen MR) is 99.3 cm³/mol. The zero-order valence-electron chi connectivity index (χ0n) is 14.9. The van der Waals surface area contributed by atoms with Crippen molar-refractivity contribution in [3.8, 4) is 5.75 Å². The molecule has 1 amide bonds. The highest BCUT2D eigenvalue weighted by Crippen LogP contribution is 2.18. The maximum Gasteiger partial charge on any atom is 0.253 e. The van der Waals surface area contributed by atoms with E-state index in [2.05, 4.69) is 0 Å². The molecular weight excluding hydrogens is 371 g/mol. The monoisotopic (exact) mass is 392 g/mol. The second-order valence-electron chi connectivity index (χ2n) is 6.59. The number of halogens is 1. The number of hydrogen-bond acceptors (Lipinski definition) is 4. The van der Waals surface area contributed by atoms with Crippen molar-refractivity contribution in [2.24, 2.45) is 0 Å². The third-order valence-corrected chi connectivity index (χ3v) is 6.41. The van der Waals surface area contributed by atoms with Crippen molar-refractivity contribution in [1.29, 1.82) is 0 Å². The largest absolute Gasteiger partial charge is 0.508 e. The zero-order chi connectivity index (χ0) is 19.6. The Bertz CT molecular complexity index is 937. The molecule has 0 unspecified atom stereocenters. The SMILES string of the molecule is Cc1ccc(CS(=O)(=O)N2CCN(C(=O)c3ccc(O)cc3)CC2)c(F)c1. The van der Waals surface area contributed by atoms with Crippen LogP contribution in [0.4, 0.5) is 4.39 Å². The molecule has 0 saturated carbocycles. The molecule has 6 nitrogen and oxygen atoms in total. The minimum absolute atomic E-state index is 0.0748. The predicted octanol–water partition coefficient (Wildman–Crippen LogP) is 2.13. The average Bonchev–Trinajstić information content (AvgIpc) is 2.64. The van der Waals surface area contributed by atoms with E-state index in [-0.39, 0.29) is 43.4 Å². The summed E-state index contributed by atoms with van der Waals surface area (Å²) in [6.45, 7) is 2.59. The number of sulfonamides is 1. The number of phenolic OH excluding ortho intramolecular Hbond substituents is 1. The molecule has 0 bridgehead atoms. The van der Waals surface area contributed by atoms with Crippen molar-refractivity contribution >= 4 is 15.9 Å². The summed E-state index contributed by atoms with van der Waals surface area (Å²) in [5.41, 5.74) is 1.31. The fourth-order valence-corrected chi connectivity index (χ4v) is 4.54. The van der Waals surface area contributed by atoms with Gasteiger partial charge in [0.25, 0.3) is 5.91 Å². The Morgan fingerprint density at radius 1 is 1.07 bits per heavy atom. The van der Waals surface area contributed by atoms with Gasteiger partial charge < -0.3 is 10.0 Å². The first kappa shape index (κ1) is 19.3. The second kappa shape index (κ2) is 7.66. The molecule has 0 aliphatic carbocycles. The lowest BCUT2D eigenvalue weighted by Gasteiger charge is -2.34. The smallest absolute Gasteiger partial charge is 0.253 e. The first-order chi connectivity index (χ1) is 12.8. The van der Waals surface area contributed by atoms with Crippen LogP contribution in [-0.4, -0.2) is 54.8 Å². The number of aromatic hydroxyl groups is 1. The van der Waals surface area contributed by atoms with Gasteiger partial charge in [-0.1, -0.05) is 12.1 Å². The number of piperazine rings is 1. The quantitative estimate of drug-likeness (QED) is 0.865. The first-order valence-corrected chi connectivity index (χ1v) is 10.2. The Labute approximate surface area is 157 Å². The van der Waals surface area contributed by atoms with Gasteiger partial charge in [-0.3, -0.25) is 4.79 Å². The van der Waals surface area contributed by atoms with E-state index in [1.165, 1.54) is 40.7 Å². The zero-order valence-corrected chi connectivity index (χ0v) is 15.7. The molecule has 8 heteroatoms. The number of carbonyl (C=O) groups excluding carboxylic acids is 1. The molecule has 0 atom stereocenters. The number of carbonyl (C=O) groups is 1. The minimum atomic E-state index is -3.67. The molecule has 1 aliphatic heterocycles. The summed E-state index contributed by atoms with van der Waals surface area (Å²) in [7, 11) is -3.67. The molecule has 1 saturated heterocycles. The van der Waals surface area contributed by atoms with E-state index in [1.54, 1.807) is 17.9 Å². The summed E-state index contributed by atoms with van der Waals surface area (Å²) in [5.74, 6) is -1.06. The Morgan fingerprint density at radius 2 is 1.70 bits per heavy atom. The molecule has 1 fully saturated rings. The van der Waals surface area contributed by atoms with Gasteiger partial charge in [0.2, 0.25) is 10.0 Å². The van der Waals surface area contributed by atoms with Gasteiger partial charge >= 0.3 is 0 Å². The maximum atomic E-state index is 14.0. The highest BCUT2D eigenvalue weighted by molar-refractivity contribution is 7.88. The average molecular weight is 392 g/mol. The molecule has 3 rings (SSSR count). The molecule has 1 aliphatic rings. The van der Waals surface area contributed by atoms with Crippen LogP contribution in [0.3, 0.4) is 0 Å². The van der Waals surface area contributed by atoms with Crippen LogP contribution >= 0.6 is 0 Å². The van der Waals surface area contributed by atoms with E-state index in [0.29, 0.717) is 5.56 Å².